The molecule has 0 bridgehead atoms. The molecule has 1 heterocycles. The molecule has 0 spiro atoms. The van der Waals surface area contributed by atoms with Crippen LogP contribution >= 0.6 is 0 Å². The molecule has 1 unspecified atom stereocenters. The third kappa shape index (κ3) is 3.78. The largest absolute Gasteiger partial charge is 0.493 e. The molecule has 0 N–H and O–H groups in total. The molecule has 0 radical (unpaired) electrons. The Hall–Kier alpha value is -3.27. The van der Waals surface area contributed by atoms with Gasteiger partial charge in [-0.25, -0.2) is 4.98 Å². The lowest BCUT2D eigenvalue weighted by molar-refractivity contribution is 0.355. The van der Waals surface area contributed by atoms with Crippen LogP contribution in [0.2, 0.25) is 0 Å². The smallest absolute Gasteiger partial charge is 0.161 e. The molecular formula is C26H28N2O2. The van der Waals surface area contributed by atoms with Crippen molar-refractivity contribution < 1.29 is 9.47 Å². The number of nitrogens with zero attached hydrogens (tertiary/aromatic N) is 2. The van der Waals surface area contributed by atoms with E-state index in [1.54, 1.807) is 14.2 Å². The number of fused-ring (bicyclic) bond motifs is 1. The molecule has 4 heteroatoms. The molecule has 4 rings (SSSR count). The van der Waals surface area contributed by atoms with Crippen molar-refractivity contribution in [3.63, 3.8) is 0 Å². The zero-order chi connectivity index (χ0) is 21.1. The summed E-state index contributed by atoms with van der Waals surface area (Å²) in [4.78, 5) is 4.94. The van der Waals surface area contributed by atoms with Gasteiger partial charge in [0, 0.05) is 12.1 Å². The van der Waals surface area contributed by atoms with Gasteiger partial charge in [0.1, 0.15) is 5.82 Å². The van der Waals surface area contributed by atoms with Crippen LogP contribution in [-0.2, 0) is 6.54 Å². The van der Waals surface area contributed by atoms with Crippen LogP contribution in [0.3, 0.4) is 0 Å². The summed E-state index contributed by atoms with van der Waals surface area (Å²) in [6, 6.07) is 23.2. The Balaban J connectivity index is 1.78. The number of hydrogen-bond acceptors (Lipinski definition) is 3. The second-order valence-corrected chi connectivity index (χ2v) is 7.63. The van der Waals surface area contributed by atoms with Crippen molar-refractivity contribution >= 4 is 11.0 Å². The van der Waals surface area contributed by atoms with Crippen molar-refractivity contribution in [3.8, 4) is 22.9 Å². The van der Waals surface area contributed by atoms with Crippen LogP contribution in [0.25, 0.3) is 22.4 Å². The fourth-order valence-electron chi connectivity index (χ4n) is 3.80. The monoisotopic (exact) mass is 400 g/mol. The summed E-state index contributed by atoms with van der Waals surface area (Å²) in [5, 5.41) is 0. The fourth-order valence-corrected chi connectivity index (χ4v) is 3.80. The Morgan fingerprint density at radius 2 is 1.63 bits per heavy atom. The summed E-state index contributed by atoms with van der Waals surface area (Å²) >= 11 is 0. The topological polar surface area (TPSA) is 36.3 Å². The Kier molecular flexibility index (Phi) is 5.75. The van der Waals surface area contributed by atoms with E-state index >= 15 is 0 Å². The lowest BCUT2D eigenvalue weighted by Crippen LogP contribution is -2.03. The van der Waals surface area contributed by atoms with Crippen molar-refractivity contribution in [2.24, 2.45) is 0 Å². The highest BCUT2D eigenvalue weighted by atomic mass is 16.5. The van der Waals surface area contributed by atoms with Gasteiger partial charge in [0.2, 0.25) is 0 Å². The first-order chi connectivity index (χ1) is 14.6. The normalized spacial score (nSPS) is 12.1. The first kappa shape index (κ1) is 20.0. The summed E-state index contributed by atoms with van der Waals surface area (Å²) in [6.07, 6.45) is 1.15. The Morgan fingerprint density at radius 1 is 0.900 bits per heavy atom. The van der Waals surface area contributed by atoms with Crippen LogP contribution < -0.4 is 9.47 Å². The maximum atomic E-state index is 5.51. The summed E-state index contributed by atoms with van der Waals surface area (Å²) in [6.45, 7) is 5.25. The molecule has 0 amide bonds. The van der Waals surface area contributed by atoms with Crippen LogP contribution in [0.15, 0.2) is 66.7 Å². The van der Waals surface area contributed by atoms with Gasteiger partial charge in [-0.15, -0.1) is 0 Å². The van der Waals surface area contributed by atoms with Gasteiger partial charge < -0.3 is 14.0 Å². The summed E-state index contributed by atoms with van der Waals surface area (Å²) in [5.74, 6) is 2.91. The van der Waals surface area contributed by atoms with Gasteiger partial charge in [-0.1, -0.05) is 50.2 Å². The quantitative estimate of drug-likeness (QED) is 0.366. The zero-order valence-electron chi connectivity index (χ0n) is 18.1. The van der Waals surface area contributed by atoms with E-state index in [4.69, 9.17) is 14.5 Å². The molecule has 3 aromatic carbocycles. The molecule has 0 aliphatic carbocycles. The standard InChI is InChI=1S/C26H28N2O2/c1-5-18(2)20-12-10-19(11-13-20)17-28-23-9-7-6-8-22(23)27-26(28)21-14-15-24(29-3)25(16-21)30-4/h6-16,18H,5,17H2,1-4H3. The SMILES string of the molecule is CCC(C)c1ccc(Cn2c(-c3ccc(OC)c(OC)c3)nc3ccccc32)cc1. The fraction of sp³-hybridized carbons (Fsp3) is 0.269. The van der Waals surface area contributed by atoms with Crippen molar-refractivity contribution in [3.05, 3.63) is 77.9 Å². The average molecular weight is 401 g/mol. The minimum atomic E-state index is 0.579. The first-order valence-electron chi connectivity index (χ1n) is 10.4. The number of methoxy groups -OCH3 is 2. The molecule has 4 nitrogen and oxygen atoms in total. The Bertz CT molecular complexity index is 1150. The first-order valence-corrected chi connectivity index (χ1v) is 10.4. The highest BCUT2D eigenvalue weighted by Gasteiger charge is 2.15. The van der Waals surface area contributed by atoms with Crippen molar-refractivity contribution in [1.29, 1.82) is 0 Å². The van der Waals surface area contributed by atoms with E-state index in [-0.39, 0.29) is 0 Å². The molecule has 1 atom stereocenters. The van der Waals surface area contributed by atoms with E-state index in [1.165, 1.54) is 11.1 Å². The highest BCUT2D eigenvalue weighted by molar-refractivity contribution is 5.81. The number of para-hydroxylation sites is 2. The summed E-state index contributed by atoms with van der Waals surface area (Å²) in [7, 11) is 3.30. The predicted molar refractivity (Wildman–Crippen MR) is 123 cm³/mol. The minimum absolute atomic E-state index is 0.579. The van der Waals surface area contributed by atoms with Gasteiger partial charge in [-0.3, -0.25) is 0 Å². The average Bonchev–Trinajstić information content (AvgIpc) is 3.17. The number of hydrogen-bond donors (Lipinski definition) is 0. The molecule has 0 saturated carbocycles. The molecule has 0 aliphatic rings. The summed E-state index contributed by atoms with van der Waals surface area (Å²) in [5.41, 5.74) is 5.75. The summed E-state index contributed by atoms with van der Waals surface area (Å²) < 4.78 is 13.2. The van der Waals surface area contributed by atoms with E-state index in [0.717, 1.165) is 35.4 Å². The molecule has 154 valence electrons. The maximum Gasteiger partial charge on any atom is 0.161 e. The van der Waals surface area contributed by atoms with Crippen LogP contribution in [-0.4, -0.2) is 23.8 Å². The maximum absolute atomic E-state index is 5.51. The van der Waals surface area contributed by atoms with Crippen molar-refractivity contribution in [2.75, 3.05) is 14.2 Å². The van der Waals surface area contributed by atoms with Crippen LogP contribution in [0.5, 0.6) is 11.5 Å². The zero-order valence-corrected chi connectivity index (χ0v) is 18.1. The second-order valence-electron chi connectivity index (χ2n) is 7.63. The van der Waals surface area contributed by atoms with Gasteiger partial charge in [0.15, 0.2) is 11.5 Å². The van der Waals surface area contributed by atoms with Crippen LogP contribution in [0.1, 0.15) is 37.3 Å². The van der Waals surface area contributed by atoms with Crippen LogP contribution in [0.4, 0.5) is 0 Å². The van der Waals surface area contributed by atoms with Gasteiger partial charge in [0.05, 0.1) is 25.3 Å². The third-order valence-corrected chi connectivity index (χ3v) is 5.80. The third-order valence-electron chi connectivity index (χ3n) is 5.80. The van der Waals surface area contributed by atoms with E-state index in [9.17, 15) is 0 Å². The number of imidazole rings is 1. The minimum Gasteiger partial charge on any atom is -0.493 e. The van der Waals surface area contributed by atoms with Gasteiger partial charge >= 0.3 is 0 Å². The molecule has 0 aliphatic heterocycles. The van der Waals surface area contributed by atoms with E-state index < -0.39 is 0 Å². The molecule has 0 saturated heterocycles. The Morgan fingerprint density at radius 3 is 2.33 bits per heavy atom. The second kappa shape index (κ2) is 8.62. The Labute approximate surface area is 178 Å². The highest BCUT2D eigenvalue weighted by Crippen LogP contribution is 2.33. The van der Waals surface area contributed by atoms with E-state index in [2.05, 4.69) is 60.9 Å². The number of aromatic nitrogens is 2. The number of rotatable bonds is 7. The van der Waals surface area contributed by atoms with E-state index in [1.807, 2.05) is 24.3 Å². The number of ether oxygens (including phenoxy) is 2. The van der Waals surface area contributed by atoms with Crippen molar-refractivity contribution in [1.82, 2.24) is 9.55 Å². The van der Waals surface area contributed by atoms with Gasteiger partial charge in [-0.05, 0) is 53.8 Å². The molecule has 1 aromatic heterocycles. The molecule has 4 aromatic rings. The lowest BCUT2D eigenvalue weighted by Gasteiger charge is -2.13. The molecular weight excluding hydrogens is 372 g/mol. The molecule has 0 fully saturated rings. The van der Waals surface area contributed by atoms with Gasteiger partial charge in [0.25, 0.3) is 0 Å². The number of benzene rings is 3. The van der Waals surface area contributed by atoms with Gasteiger partial charge in [-0.2, -0.15) is 0 Å². The van der Waals surface area contributed by atoms with Crippen LogP contribution in [0, 0.1) is 0 Å². The molecule has 30 heavy (non-hydrogen) atoms. The predicted octanol–water partition coefficient (Wildman–Crippen LogP) is 6.28. The van der Waals surface area contributed by atoms with Crippen molar-refractivity contribution in [2.45, 2.75) is 32.7 Å². The van der Waals surface area contributed by atoms with E-state index in [0.29, 0.717) is 17.4 Å². The lowest BCUT2D eigenvalue weighted by atomic mass is 9.97.